The molecule has 22 heavy (non-hydrogen) atoms. The third kappa shape index (κ3) is 2.48. The van der Waals surface area contributed by atoms with Gasteiger partial charge in [0.15, 0.2) is 11.5 Å². The van der Waals surface area contributed by atoms with Crippen molar-refractivity contribution in [3.63, 3.8) is 0 Å². The van der Waals surface area contributed by atoms with Crippen LogP contribution in [0.5, 0.6) is 11.5 Å². The molecule has 3 rings (SSSR count). The van der Waals surface area contributed by atoms with Crippen molar-refractivity contribution >= 4 is 11.8 Å². The van der Waals surface area contributed by atoms with Crippen molar-refractivity contribution in [3.05, 3.63) is 23.8 Å². The van der Waals surface area contributed by atoms with Crippen molar-refractivity contribution < 1.29 is 23.9 Å². The van der Waals surface area contributed by atoms with E-state index in [-0.39, 0.29) is 18.6 Å². The van der Waals surface area contributed by atoms with Gasteiger partial charge in [0.1, 0.15) is 6.04 Å². The number of carbonyl (C=O) groups excluding carboxylic acids is 2. The highest BCUT2D eigenvalue weighted by molar-refractivity contribution is 5.98. The van der Waals surface area contributed by atoms with Gasteiger partial charge in [-0.15, -0.1) is 0 Å². The van der Waals surface area contributed by atoms with Gasteiger partial charge in [-0.3, -0.25) is 14.4 Å². The lowest BCUT2D eigenvalue weighted by molar-refractivity contribution is -0.172. The topological polar surface area (TPSA) is 68.3 Å². The molecule has 0 aromatic heterocycles. The summed E-state index contributed by atoms with van der Waals surface area (Å²) in [4.78, 5) is 31.5. The lowest BCUT2D eigenvalue weighted by Gasteiger charge is -2.26. The van der Waals surface area contributed by atoms with E-state index >= 15 is 0 Å². The molecule has 0 aliphatic carbocycles. The Balaban J connectivity index is 1.80. The zero-order valence-electron chi connectivity index (χ0n) is 12.6. The van der Waals surface area contributed by atoms with Gasteiger partial charge in [0.2, 0.25) is 6.79 Å². The quantitative estimate of drug-likeness (QED) is 0.781. The fourth-order valence-electron chi connectivity index (χ4n) is 2.76. The summed E-state index contributed by atoms with van der Waals surface area (Å²) < 4.78 is 10.5. The maximum absolute atomic E-state index is 12.7. The van der Waals surface area contributed by atoms with Crippen LogP contribution in [0.3, 0.4) is 0 Å². The number of benzene rings is 1. The molecule has 2 aliphatic rings. The minimum absolute atomic E-state index is 0.163. The van der Waals surface area contributed by atoms with Gasteiger partial charge in [-0.25, -0.2) is 5.06 Å². The second-order valence-corrected chi connectivity index (χ2v) is 5.24. The average molecular weight is 306 g/mol. The summed E-state index contributed by atoms with van der Waals surface area (Å²) in [7, 11) is 2.97. The molecule has 0 spiro atoms. The first-order valence-corrected chi connectivity index (χ1v) is 7.14. The molecule has 0 saturated carbocycles. The highest BCUT2D eigenvalue weighted by Crippen LogP contribution is 2.33. The molecule has 2 aliphatic heterocycles. The molecule has 1 atom stereocenters. The molecule has 1 aromatic rings. The second kappa shape index (κ2) is 5.84. The Morgan fingerprint density at radius 3 is 2.86 bits per heavy atom. The van der Waals surface area contributed by atoms with Crippen LogP contribution in [0.4, 0.5) is 0 Å². The van der Waals surface area contributed by atoms with E-state index < -0.39 is 6.04 Å². The van der Waals surface area contributed by atoms with Crippen LogP contribution in [-0.2, 0) is 9.63 Å². The summed E-state index contributed by atoms with van der Waals surface area (Å²) in [5.74, 6) is 0.791. The van der Waals surface area contributed by atoms with E-state index in [1.54, 1.807) is 30.1 Å². The number of amides is 2. The maximum atomic E-state index is 12.7. The number of hydroxylamine groups is 2. The Hall–Kier alpha value is -2.28. The zero-order valence-corrected chi connectivity index (χ0v) is 12.6. The van der Waals surface area contributed by atoms with Crippen LogP contribution in [-0.4, -0.2) is 55.3 Å². The first-order chi connectivity index (χ1) is 10.6. The molecule has 1 fully saturated rings. The van der Waals surface area contributed by atoms with Crippen molar-refractivity contribution in [3.8, 4) is 11.5 Å². The fraction of sp³-hybridized carbons (Fsp3) is 0.467. The van der Waals surface area contributed by atoms with Gasteiger partial charge in [0.05, 0.1) is 7.11 Å². The number of hydrogen-bond donors (Lipinski definition) is 0. The SMILES string of the molecule is CON(C)C(=O)[C@H]1CCCN1C(=O)c1ccc2c(c1)OCO2. The molecule has 0 N–H and O–H groups in total. The van der Waals surface area contributed by atoms with E-state index in [1.807, 2.05) is 0 Å². The van der Waals surface area contributed by atoms with Gasteiger partial charge < -0.3 is 14.4 Å². The summed E-state index contributed by atoms with van der Waals surface area (Å²) in [6, 6.07) is 4.58. The molecule has 2 amide bonds. The molecule has 118 valence electrons. The maximum Gasteiger partial charge on any atom is 0.268 e. The molecular weight excluding hydrogens is 288 g/mol. The lowest BCUT2D eigenvalue weighted by Crippen LogP contribution is -2.46. The number of nitrogens with zero attached hydrogens (tertiary/aromatic N) is 2. The Morgan fingerprint density at radius 2 is 2.09 bits per heavy atom. The molecular formula is C15H18N2O5. The fourth-order valence-corrected chi connectivity index (χ4v) is 2.76. The minimum Gasteiger partial charge on any atom is -0.454 e. The first kappa shape index (κ1) is 14.6. The molecule has 0 radical (unpaired) electrons. The van der Waals surface area contributed by atoms with E-state index in [1.165, 1.54) is 7.11 Å². The van der Waals surface area contributed by atoms with Gasteiger partial charge in [-0.05, 0) is 31.0 Å². The smallest absolute Gasteiger partial charge is 0.268 e. The van der Waals surface area contributed by atoms with Crippen molar-refractivity contribution in [2.75, 3.05) is 27.5 Å². The molecule has 1 aromatic carbocycles. The molecule has 7 nitrogen and oxygen atoms in total. The summed E-state index contributed by atoms with van der Waals surface area (Å²) >= 11 is 0. The van der Waals surface area contributed by atoms with Crippen LogP contribution in [0, 0.1) is 0 Å². The summed E-state index contributed by atoms with van der Waals surface area (Å²) in [5, 5.41) is 1.16. The summed E-state index contributed by atoms with van der Waals surface area (Å²) in [5.41, 5.74) is 0.490. The Kier molecular flexibility index (Phi) is 3.89. The van der Waals surface area contributed by atoms with E-state index in [4.69, 9.17) is 14.3 Å². The van der Waals surface area contributed by atoms with E-state index in [2.05, 4.69) is 0 Å². The molecule has 7 heteroatoms. The minimum atomic E-state index is -0.483. The van der Waals surface area contributed by atoms with Crippen LogP contribution in [0.2, 0.25) is 0 Å². The van der Waals surface area contributed by atoms with E-state index in [9.17, 15) is 9.59 Å². The first-order valence-electron chi connectivity index (χ1n) is 7.14. The largest absolute Gasteiger partial charge is 0.454 e. The number of hydrogen-bond acceptors (Lipinski definition) is 5. The summed E-state index contributed by atoms with van der Waals surface area (Å²) in [6.07, 6.45) is 1.44. The van der Waals surface area contributed by atoms with Crippen LogP contribution >= 0.6 is 0 Å². The van der Waals surface area contributed by atoms with E-state index in [0.717, 1.165) is 11.5 Å². The third-order valence-corrected chi connectivity index (χ3v) is 4.00. The van der Waals surface area contributed by atoms with Crippen molar-refractivity contribution in [1.82, 2.24) is 9.96 Å². The monoisotopic (exact) mass is 306 g/mol. The highest BCUT2D eigenvalue weighted by atomic mass is 16.7. The van der Waals surface area contributed by atoms with Gasteiger partial charge in [0.25, 0.3) is 11.8 Å². The van der Waals surface area contributed by atoms with Crippen molar-refractivity contribution in [2.45, 2.75) is 18.9 Å². The van der Waals surface area contributed by atoms with Crippen LogP contribution in [0.15, 0.2) is 18.2 Å². The molecule has 2 heterocycles. The second-order valence-electron chi connectivity index (χ2n) is 5.24. The number of fused-ring (bicyclic) bond motifs is 1. The van der Waals surface area contributed by atoms with Gasteiger partial charge in [-0.1, -0.05) is 0 Å². The van der Waals surface area contributed by atoms with E-state index in [0.29, 0.717) is 30.0 Å². The van der Waals surface area contributed by atoms with Crippen LogP contribution in [0.1, 0.15) is 23.2 Å². The van der Waals surface area contributed by atoms with Crippen molar-refractivity contribution in [2.24, 2.45) is 0 Å². The molecule has 0 bridgehead atoms. The van der Waals surface area contributed by atoms with Crippen LogP contribution < -0.4 is 9.47 Å². The number of likely N-dealkylation sites (N-methyl/N-ethyl adjacent to an activating group) is 1. The zero-order chi connectivity index (χ0) is 15.7. The molecule has 0 unspecified atom stereocenters. The van der Waals surface area contributed by atoms with Gasteiger partial charge in [-0.2, -0.15) is 0 Å². The van der Waals surface area contributed by atoms with Gasteiger partial charge in [0, 0.05) is 19.2 Å². The van der Waals surface area contributed by atoms with Crippen LogP contribution in [0.25, 0.3) is 0 Å². The average Bonchev–Trinajstić information content (AvgIpc) is 3.20. The normalized spacial score (nSPS) is 19.4. The lowest BCUT2D eigenvalue weighted by atomic mass is 10.1. The predicted octanol–water partition coefficient (Wildman–Crippen LogP) is 1.04. The number of ether oxygens (including phenoxy) is 2. The Morgan fingerprint density at radius 1 is 1.32 bits per heavy atom. The summed E-state index contributed by atoms with van der Waals surface area (Å²) in [6.45, 7) is 0.720. The predicted molar refractivity (Wildman–Crippen MR) is 76.4 cm³/mol. The molecule has 1 saturated heterocycles. The number of carbonyl (C=O) groups is 2. The van der Waals surface area contributed by atoms with Crippen molar-refractivity contribution in [1.29, 1.82) is 0 Å². The van der Waals surface area contributed by atoms with Gasteiger partial charge >= 0.3 is 0 Å². The number of rotatable bonds is 3. The number of likely N-dealkylation sites (tertiary alicyclic amines) is 1. The highest BCUT2D eigenvalue weighted by Gasteiger charge is 2.36. The Bertz CT molecular complexity index is 604. The third-order valence-electron chi connectivity index (χ3n) is 4.00. The standard InChI is InChI=1S/C15H18N2O5/c1-16(20-2)15(19)11-4-3-7-17(11)14(18)10-5-6-12-13(8-10)22-9-21-12/h5-6,8,11H,3-4,7,9H2,1-2H3/t11-/m1/s1. The Labute approximate surface area is 128 Å².